The van der Waals surface area contributed by atoms with Crippen molar-refractivity contribution < 1.29 is 9.53 Å². The zero-order valence-corrected chi connectivity index (χ0v) is 20.3. The van der Waals surface area contributed by atoms with Crippen LogP contribution >= 0.6 is 0 Å². The number of carbonyl (C=O) groups excluding carboxylic acids is 1. The fourth-order valence-electron chi connectivity index (χ4n) is 4.09. The molecule has 0 aliphatic carbocycles. The van der Waals surface area contributed by atoms with E-state index in [0.29, 0.717) is 13.2 Å². The Morgan fingerprint density at radius 2 is 1.80 bits per heavy atom. The van der Waals surface area contributed by atoms with Crippen LogP contribution < -0.4 is 10.1 Å². The summed E-state index contributed by atoms with van der Waals surface area (Å²) in [7, 11) is 0. The standard InChI is InChI=1S/C30H33N3O2/c1-24-11-9-14-26(23-24)35-22-8-7-21-33-28-16-6-5-15-27(28)32-29(33)17-10-20-31-30(34)19-18-25-12-3-2-4-13-25/h2-6,9,11-16,18-19,23H,7-8,10,17,20-22H2,1H3,(H,31,34)/b19-18+. The minimum atomic E-state index is -0.0732. The van der Waals surface area contributed by atoms with Gasteiger partial charge in [-0.15, -0.1) is 0 Å². The average molecular weight is 468 g/mol. The molecule has 4 aromatic rings. The van der Waals surface area contributed by atoms with Crippen molar-refractivity contribution in [2.75, 3.05) is 13.2 Å². The van der Waals surface area contributed by atoms with Gasteiger partial charge in [-0.3, -0.25) is 4.79 Å². The molecule has 1 heterocycles. The minimum absolute atomic E-state index is 0.0732. The molecule has 1 N–H and O–H groups in total. The molecule has 3 aromatic carbocycles. The van der Waals surface area contributed by atoms with Gasteiger partial charge in [0, 0.05) is 25.6 Å². The fourth-order valence-corrected chi connectivity index (χ4v) is 4.09. The summed E-state index contributed by atoms with van der Waals surface area (Å²) in [5, 5.41) is 2.98. The van der Waals surface area contributed by atoms with Gasteiger partial charge in [-0.25, -0.2) is 4.98 Å². The zero-order chi connectivity index (χ0) is 24.3. The first-order valence-electron chi connectivity index (χ1n) is 12.3. The molecule has 180 valence electrons. The highest BCUT2D eigenvalue weighted by Gasteiger charge is 2.10. The third-order valence-electron chi connectivity index (χ3n) is 5.87. The number of rotatable bonds is 12. The van der Waals surface area contributed by atoms with Crippen LogP contribution in [0.2, 0.25) is 0 Å². The van der Waals surface area contributed by atoms with E-state index in [1.807, 2.05) is 54.6 Å². The van der Waals surface area contributed by atoms with Crippen LogP contribution in [-0.4, -0.2) is 28.6 Å². The first-order chi connectivity index (χ1) is 17.2. The summed E-state index contributed by atoms with van der Waals surface area (Å²) >= 11 is 0. The SMILES string of the molecule is Cc1cccc(OCCCCn2c(CCCNC(=O)/C=C/c3ccccc3)nc3ccccc32)c1. The number of aromatic nitrogens is 2. The molecule has 1 aromatic heterocycles. The first-order valence-corrected chi connectivity index (χ1v) is 12.3. The quantitative estimate of drug-likeness (QED) is 0.206. The smallest absolute Gasteiger partial charge is 0.243 e. The van der Waals surface area contributed by atoms with Gasteiger partial charge in [0.25, 0.3) is 0 Å². The van der Waals surface area contributed by atoms with Gasteiger partial charge in [-0.05, 0) is 67.7 Å². The Balaban J connectivity index is 1.26. The number of amides is 1. The van der Waals surface area contributed by atoms with E-state index in [4.69, 9.17) is 9.72 Å². The summed E-state index contributed by atoms with van der Waals surface area (Å²) in [6, 6.07) is 26.3. The van der Waals surface area contributed by atoms with Crippen LogP contribution in [0.15, 0.2) is 84.9 Å². The molecule has 0 unspecified atom stereocenters. The summed E-state index contributed by atoms with van der Waals surface area (Å²) in [4.78, 5) is 17.0. The van der Waals surface area contributed by atoms with E-state index in [0.717, 1.165) is 60.4 Å². The predicted octanol–water partition coefficient (Wildman–Crippen LogP) is 5.97. The van der Waals surface area contributed by atoms with Crippen molar-refractivity contribution in [3.8, 4) is 5.75 Å². The second-order valence-electron chi connectivity index (χ2n) is 8.68. The molecule has 35 heavy (non-hydrogen) atoms. The number of nitrogens with zero attached hydrogens (tertiary/aromatic N) is 2. The molecule has 0 spiro atoms. The van der Waals surface area contributed by atoms with Crippen molar-refractivity contribution >= 4 is 23.0 Å². The van der Waals surface area contributed by atoms with Crippen molar-refractivity contribution in [1.82, 2.24) is 14.9 Å². The average Bonchev–Trinajstić information content (AvgIpc) is 3.23. The largest absolute Gasteiger partial charge is 0.494 e. The van der Waals surface area contributed by atoms with Gasteiger partial charge < -0.3 is 14.6 Å². The van der Waals surface area contributed by atoms with E-state index in [1.54, 1.807) is 6.08 Å². The van der Waals surface area contributed by atoms with E-state index < -0.39 is 0 Å². The monoisotopic (exact) mass is 467 g/mol. The van der Waals surface area contributed by atoms with Crippen molar-refractivity contribution in [3.05, 3.63) is 102 Å². The van der Waals surface area contributed by atoms with Crippen LogP contribution in [-0.2, 0) is 17.8 Å². The van der Waals surface area contributed by atoms with Crippen LogP contribution in [0, 0.1) is 6.92 Å². The number of fused-ring (bicyclic) bond motifs is 1. The van der Waals surface area contributed by atoms with E-state index in [2.05, 4.69) is 47.1 Å². The number of unbranched alkanes of at least 4 members (excludes halogenated alkanes) is 1. The number of hydrogen-bond donors (Lipinski definition) is 1. The molecule has 0 atom stereocenters. The molecule has 4 rings (SSSR count). The topological polar surface area (TPSA) is 56.1 Å². The molecule has 0 fully saturated rings. The molecule has 0 aliphatic rings. The Kier molecular flexibility index (Phi) is 8.71. The van der Waals surface area contributed by atoms with Gasteiger partial charge >= 0.3 is 0 Å². The molecule has 0 saturated carbocycles. The summed E-state index contributed by atoms with van der Waals surface area (Å²) < 4.78 is 8.22. The van der Waals surface area contributed by atoms with E-state index in [-0.39, 0.29) is 5.91 Å². The highest BCUT2D eigenvalue weighted by molar-refractivity contribution is 5.91. The number of para-hydroxylation sites is 2. The molecule has 5 nitrogen and oxygen atoms in total. The second kappa shape index (κ2) is 12.6. The second-order valence-corrected chi connectivity index (χ2v) is 8.68. The highest BCUT2D eigenvalue weighted by atomic mass is 16.5. The maximum atomic E-state index is 12.1. The van der Waals surface area contributed by atoms with E-state index >= 15 is 0 Å². The summed E-state index contributed by atoms with van der Waals surface area (Å²) in [6.07, 6.45) is 7.06. The number of hydrogen-bond acceptors (Lipinski definition) is 3. The highest BCUT2D eigenvalue weighted by Crippen LogP contribution is 2.18. The molecule has 0 bridgehead atoms. The van der Waals surface area contributed by atoms with Crippen LogP contribution in [0.1, 0.15) is 36.2 Å². The lowest BCUT2D eigenvalue weighted by atomic mass is 10.2. The lowest BCUT2D eigenvalue weighted by Gasteiger charge is -2.11. The van der Waals surface area contributed by atoms with Crippen LogP contribution in [0.4, 0.5) is 0 Å². The van der Waals surface area contributed by atoms with Crippen molar-refractivity contribution in [1.29, 1.82) is 0 Å². The molecule has 5 heteroatoms. The summed E-state index contributed by atoms with van der Waals surface area (Å²) in [6.45, 7) is 4.30. The van der Waals surface area contributed by atoms with E-state index in [9.17, 15) is 4.79 Å². The number of aryl methyl sites for hydroxylation is 3. The number of nitrogens with one attached hydrogen (secondary N) is 1. The van der Waals surface area contributed by atoms with Crippen LogP contribution in [0.5, 0.6) is 5.75 Å². The molecule has 1 amide bonds. The maximum Gasteiger partial charge on any atom is 0.243 e. The molecule has 0 saturated heterocycles. The lowest BCUT2D eigenvalue weighted by Crippen LogP contribution is -2.22. The van der Waals surface area contributed by atoms with Gasteiger partial charge in [-0.1, -0.05) is 54.6 Å². The van der Waals surface area contributed by atoms with Crippen molar-refractivity contribution in [2.24, 2.45) is 0 Å². The Morgan fingerprint density at radius 3 is 2.66 bits per heavy atom. The molecular weight excluding hydrogens is 434 g/mol. The van der Waals surface area contributed by atoms with Crippen LogP contribution in [0.25, 0.3) is 17.1 Å². The minimum Gasteiger partial charge on any atom is -0.494 e. The Hall–Kier alpha value is -3.86. The Bertz CT molecular complexity index is 1260. The zero-order valence-electron chi connectivity index (χ0n) is 20.3. The number of ether oxygens (including phenoxy) is 1. The van der Waals surface area contributed by atoms with Gasteiger partial charge in [0.1, 0.15) is 11.6 Å². The first kappa shape index (κ1) is 24.3. The predicted molar refractivity (Wildman–Crippen MR) is 142 cm³/mol. The lowest BCUT2D eigenvalue weighted by molar-refractivity contribution is -0.116. The fraction of sp³-hybridized carbons (Fsp3) is 0.267. The summed E-state index contributed by atoms with van der Waals surface area (Å²) in [5.74, 6) is 1.93. The number of carbonyl (C=O) groups is 1. The third kappa shape index (κ3) is 7.31. The normalized spacial score (nSPS) is 11.2. The van der Waals surface area contributed by atoms with Crippen molar-refractivity contribution in [2.45, 2.75) is 39.2 Å². The van der Waals surface area contributed by atoms with E-state index in [1.165, 1.54) is 5.56 Å². The number of benzene rings is 3. The van der Waals surface area contributed by atoms with Crippen LogP contribution in [0.3, 0.4) is 0 Å². The molecule has 0 radical (unpaired) electrons. The molecular formula is C30H33N3O2. The maximum absolute atomic E-state index is 12.1. The van der Waals surface area contributed by atoms with Gasteiger partial charge in [0.2, 0.25) is 5.91 Å². The summed E-state index contributed by atoms with van der Waals surface area (Å²) in [5.41, 5.74) is 4.41. The Labute approximate surface area is 207 Å². The molecule has 0 aliphatic heterocycles. The number of imidazole rings is 1. The Morgan fingerprint density at radius 1 is 0.971 bits per heavy atom. The third-order valence-corrected chi connectivity index (χ3v) is 5.87. The van der Waals surface area contributed by atoms with Gasteiger partial charge in [0.05, 0.1) is 17.6 Å². The van der Waals surface area contributed by atoms with Crippen molar-refractivity contribution in [3.63, 3.8) is 0 Å². The van der Waals surface area contributed by atoms with Gasteiger partial charge in [-0.2, -0.15) is 0 Å². The van der Waals surface area contributed by atoms with Gasteiger partial charge in [0.15, 0.2) is 0 Å².